The van der Waals surface area contributed by atoms with Gasteiger partial charge in [-0.3, -0.25) is 9.59 Å². The van der Waals surface area contributed by atoms with E-state index < -0.39 is 23.6 Å². The minimum absolute atomic E-state index is 0. The average Bonchev–Trinajstić information content (AvgIpc) is 3.08. The summed E-state index contributed by atoms with van der Waals surface area (Å²) in [6.45, 7) is 9.19. The van der Waals surface area contributed by atoms with Crippen molar-refractivity contribution in [2.24, 2.45) is 5.92 Å². The fourth-order valence-electron chi connectivity index (χ4n) is 4.85. The van der Waals surface area contributed by atoms with Crippen molar-refractivity contribution < 1.29 is 38.1 Å². The Balaban J connectivity index is 0.00000645. The second-order valence-electron chi connectivity index (χ2n) is 11.4. The summed E-state index contributed by atoms with van der Waals surface area (Å²) < 4.78 is 27.8. The first-order valence-corrected chi connectivity index (χ1v) is 13.9. The van der Waals surface area contributed by atoms with E-state index in [9.17, 15) is 14.4 Å². The maximum absolute atomic E-state index is 13.5. The molecule has 2 aromatic carbocycles. The molecule has 0 spiro atoms. The lowest BCUT2D eigenvalue weighted by molar-refractivity contribution is -0.118. The summed E-state index contributed by atoms with van der Waals surface area (Å²) in [5.41, 5.74) is 2.53. The lowest BCUT2D eigenvalue weighted by Gasteiger charge is -2.24. The van der Waals surface area contributed by atoms with Crippen LogP contribution in [0.5, 0.6) is 23.0 Å². The van der Waals surface area contributed by atoms with E-state index in [1.165, 1.54) is 21.3 Å². The summed E-state index contributed by atoms with van der Waals surface area (Å²) in [6.07, 6.45) is 2.04. The van der Waals surface area contributed by atoms with Crippen LogP contribution in [0.25, 0.3) is 5.57 Å². The quantitative estimate of drug-likeness (QED) is 0.333. The van der Waals surface area contributed by atoms with Gasteiger partial charge in [-0.2, -0.15) is 0 Å². The zero-order valence-corrected chi connectivity index (χ0v) is 25.9. The van der Waals surface area contributed by atoms with Gasteiger partial charge in [0.1, 0.15) is 17.4 Å². The molecule has 2 N–H and O–H groups in total. The Bertz CT molecular complexity index is 1360. The van der Waals surface area contributed by atoms with Crippen LogP contribution in [0.15, 0.2) is 30.3 Å². The van der Waals surface area contributed by atoms with Crippen LogP contribution in [-0.2, 0) is 20.7 Å². The summed E-state index contributed by atoms with van der Waals surface area (Å²) in [5, 5.41) is 5.61. The molecule has 43 heavy (non-hydrogen) atoms. The van der Waals surface area contributed by atoms with Crippen LogP contribution in [0.4, 0.5) is 10.5 Å². The molecule has 1 aliphatic rings. The summed E-state index contributed by atoms with van der Waals surface area (Å²) in [7, 11) is 6.12. The Labute approximate surface area is 255 Å². The molecule has 0 radical (unpaired) electrons. The van der Waals surface area contributed by atoms with Crippen molar-refractivity contribution in [1.29, 1.82) is 0 Å². The third kappa shape index (κ3) is 8.65. The van der Waals surface area contributed by atoms with E-state index in [0.717, 1.165) is 11.1 Å². The van der Waals surface area contributed by atoms with Gasteiger partial charge in [-0.1, -0.05) is 27.3 Å². The van der Waals surface area contributed by atoms with E-state index in [4.69, 9.17) is 23.7 Å². The Morgan fingerprint density at radius 3 is 2.12 bits per heavy atom. The first kappa shape index (κ1) is 35.0. The van der Waals surface area contributed by atoms with E-state index in [1.807, 2.05) is 26.0 Å². The maximum Gasteiger partial charge on any atom is 0.408 e. The van der Waals surface area contributed by atoms with Crippen LogP contribution >= 0.6 is 0 Å². The van der Waals surface area contributed by atoms with Gasteiger partial charge in [0.05, 0.1) is 34.1 Å². The predicted molar refractivity (Wildman–Crippen MR) is 167 cm³/mol. The Morgan fingerprint density at radius 2 is 1.56 bits per heavy atom. The van der Waals surface area contributed by atoms with Crippen LogP contribution in [0.3, 0.4) is 0 Å². The van der Waals surface area contributed by atoms with Gasteiger partial charge in [0.15, 0.2) is 17.3 Å². The molecule has 10 nitrogen and oxygen atoms in total. The molecular weight excluding hydrogens is 552 g/mol. The number of benzene rings is 2. The number of ether oxygens (including phenoxy) is 5. The smallest absolute Gasteiger partial charge is 0.408 e. The number of carbonyl (C=O) groups excluding carboxylic acids is 3. The number of methoxy groups -OCH3 is 4. The zero-order valence-electron chi connectivity index (χ0n) is 25.9. The van der Waals surface area contributed by atoms with Crippen LogP contribution in [-0.4, -0.2) is 57.9 Å². The minimum atomic E-state index is -0.853. The molecule has 1 unspecified atom stereocenters. The summed E-state index contributed by atoms with van der Waals surface area (Å²) >= 11 is 0. The third-order valence-corrected chi connectivity index (χ3v) is 6.63. The number of rotatable bonds is 10. The molecule has 0 heterocycles. The summed E-state index contributed by atoms with van der Waals surface area (Å²) in [4.78, 5) is 38.9. The van der Waals surface area contributed by atoms with Crippen LogP contribution in [0.1, 0.15) is 71.6 Å². The standard InChI is InChI=1S/C32H42N2O8.CH4/c1-18(2)14-25(34-31(37)42-32(3,4)5)30(36)33-24-15-19(10-13-26(24)38-6)22-16-20(35)11-12-21-23(22)17-27(39-7)29(41-9)28(21)40-8;/h10,13,15-18,25H,11-12,14H2,1-9H3,(H,33,36)(H,34,37);1H4. The highest BCUT2D eigenvalue weighted by Crippen LogP contribution is 2.46. The van der Waals surface area contributed by atoms with Crippen LogP contribution < -0.4 is 29.6 Å². The molecular formula is C33H46N2O8. The normalized spacial score (nSPS) is 13.4. The second kappa shape index (κ2) is 14.8. The zero-order chi connectivity index (χ0) is 31.2. The predicted octanol–water partition coefficient (Wildman–Crippen LogP) is 6.18. The first-order valence-electron chi connectivity index (χ1n) is 13.9. The number of hydrogen-bond acceptors (Lipinski definition) is 8. The molecule has 0 bridgehead atoms. The number of nitrogens with one attached hydrogen (secondary N) is 2. The molecule has 0 aliphatic heterocycles. The molecule has 0 saturated carbocycles. The van der Waals surface area contributed by atoms with E-state index in [2.05, 4.69) is 10.6 Å². The summed E-state index contributed by atoms with van der Waals surface area (Å²) in [6, 6.07) is 6.25. The van der Waals surface area contributed by atoms with Gasteiger partial charge >= 0.3 is 6.09 Å². The first-order chi connectivity index (χ1) is 19.8. The van der Waals surface area contributed by atoms with E-state index in [-0.39, 0.29) is 25.5 Å². The monoisotopic (exact) mass is 598 g/mol. The molecule has 1 atom stereocenters. The molecule has 236 valence electrons. The number of hydrogen-bond donors (Lipinski definition) is 2. The minimum Gasteiger partial charge on any atom is -0.495 e. The van der Waals surface area contributed by atoms with Crippen LogP contribution in [0, 0.1) is 5.92 Å². The number of carbonyl (C=O) groups is 3. The van der Waals surface area contributed by atoms with E-state index >= 15 is 0 Å². The number of allylic oxidation sites excluding steroid dienone is 1. The van der Waals surface area contributed by atoms with Crippen LogP contribution in [0.2, 0.25) is 0 Å². The number of anilines is 1. The van der Waals surface area contributed by atoms with Crippen molar-refractivity contribution in [2.45, 2.75) is 73.0 Å². The largest absolute Gasteiger partial charge is 0.495 e. The van der Waals surface area contributed by atoms with Gasteiger partial charge in [-0.15, -0.1) is 0 Å². The van der Waals surface area contributed by atoms with Gasteiger partial charge in [0.2, 0.25) is 11.7 Å². The molecule has 2 aromatic rings. The number of alkyl carbamates (subject to hydrolysis) is 1. The number of amides is 2. The van der Waals surface area contributed by atoms with Crippen molar-refractivity contribution >= 4 is 29.0 Å². The molecule has 10 heteroatoms. The van der Waals surface area contributed by atoms with E-state index in [1.54, 1.807) is 46.1 Å². The molecule has 0 saturated heterocycles. The molecule has 0 fully saturated rings. The van der Waals surface area contributed by atoms with Gasteiger partial charge in [-0.05, 0) is 80.5 Å². The third-order valence-electron chi connectivity index (χ3n) is 6.63. The lowest BCUT2D eigenvalue weighted by Crippen LogP contribution is -2.46. The molecule has 2 amide bonds. The van der Waals surface area contributed by atoms with Crippen molar-refractivity contribution in [1.82, 2.24) is 5.32 Å². The highest BCUT2D eigenvalue weighted by Gasteiger charge is 2.28. The topological polar surface area (TPSA) is 121 Å². The average molecular weight is 599 g/mol. The van der Waals surface area contributed by atoms with Crippen molar-refractivity contribution in [3.05, 3.63) is 47.0 Å². The maximum atomic E-state index is 13.5. The fraction of sp³-hybridized carbons (Fsp3) is 0.485. The summed E-state index contributed by atoms with van der Waals surface area (Å²) in [5.74, 6) is 1.46. The molecule has 1 aliphatic carbocycles. The van der Waals surface area contributed by atoms with E-state index in [0.29, 0.717) is 52.7 Å². The highest BCUT2D eigenvalue weighted by atomic mass is 16.6. The van der Waals surface area contributed by atoms with Crippen molar-refractivity contribution in [3.63, 3.8) is 0 Å². The fourth-order valence-corrected chi connectivity index (χ4v) is 4.85. The van der Waals surface area contributed by atoms with Gasteiger partial charge < -0.3 is 34.3 Å². The number of fused-ring (bicyclic) bond motifs is 1. The van der Waals surface area contributed by atoms with Gasteiger partial charge in [-0.25, -0.2) is 4.79 Å². The Morgan fingerprint density at radius 1 is 0.907 bits per heavy atom. The van der Waals surface area contributed by atoms with Crippen molar-refractivity contribution in [2.75, 3.05) is 33.8 Å². The Hall–Kier alpha value is -4.21. The molecule has 0 aromatic heterocycles. The second-order valence-corrected chi connectivity index (χ2v) is 11.4. The Kier molecular flexibility index (Phi) is 12.0. The van der Waals surface area contributed by atoms with Gasteiger partial charge in [0, 0.05) is 12.0 Å². The highest BCUT2D eigenvalue weighted by molar-refractivity contribution is 6.04. The lowest BCUT2D eigenvalue weighted by atomic mass is 9.92. The van der Waals surface area contributed by atoms with Crippen molar-refractivity contribution in [3.8, 4) is 23.0 Å². The number of ketones is 1. The van der Waals surface area contributed by atoms with Gasteiger partial charge in [0.25, 0.3) is 0 Å². The SMILES string of the molecule is C.COc1ccc(C2=CC(=O)CCc3c2cc(OC)c(OC)c3OC)cc1NC(=O)C(CC(C)C)NC(=O)OC(C)(C)C. The molecule has 3 rings (SSSR count).